The van der Waals surface area contributed by atoms with Crippen LogP contribution in [0.4, 0.5) is 5.69 Å². The van der Waals surface area contributed by atoms with E-state index in [1.165, 1.54) is 10.9 Å². The molecule has 0 amide bonds. The van der Waals surface area contributed by atoms with Crippen LogP contribution in [0.25, 0.3) is 0 Å². The largest absolute Gasteiger partial charge is 0.382 e. The molecule has 0 bridgehead atoms. The summed E-state index contributed by atoms with van der Waals surface area (Å²) in [6, 6.07) is 35.4. The SMILES string of the molecule is C(=N\c1ccccc1)/c1cccn1B(c1ccccc1)c1ccccc1. The topological polar surface area (TPSA) is 17.3 Å². The van der Waals surface area contributed by atoms with Crippen molar-refractivity contribution in [3.8, 4) is 0 Å². The first-order chi connectivity index (χ1) is 12.9. The first-order valence-electron chi connectivity index (χ1n) is 8.78. The number of aliphatic imine (C=N–C) groups is 1. The normalized spacial score (nSPS) is 10.9. The zero-order chi connectivity index (χ0) is 17.6. The molecule has 0 unspecified atom stereocenters. The maximum atomic E-state index is 4.63. The lowest BCUT2D eigenvalue weighted by atomic mass is 9.50. The number of para-hydroxylation sites is 1. The van der Waals surface area contributed by atoms with Gasteiger partial charge < -0.3 is 4.48 Å². The van der Waals surface area contributed by atoms with E-state index in [0.717, 1.165) is 11.4 Å². The molecule has 4 aromatic rings. The predicted octanol–water partition coefficient (Wildman–Crippen LogP) is 3.89. The molecular weight excluding hydrogens is 315 g/mol. The van der Waals surface area contributed by atoms with Crippen molar-refractivity contribution in [2.75, 3.05) is 0 Å². The zero-order valence-corrected chi connectivity index (χ0v) is 14.4. The maximum Gasteiger partial charge on any atom is 0.327 e. The van der Waals surface area contributed by atoms with Crippen LogP contribution in [0.5, 0.6) is 0 Å². The molecule has 1 aromatic heterocycles. The molecule has 26 heavy (non-hydrogen) atoms. The number of hydrogen-bond acceptors (Lipinski definition) is 1. The minimum atomic E-state index is 0.115. The molecule has 4 rings (SSSR count). The summed E-state index contributed by atoms with van der Waals surface area (Å²) < 4.78 is 2.27. The molecule has 3 aromatic carbocycles. The van der Waals surface area contributed by atoms with Gasteiger partial charge in [0.05, 0.1) is 11.9 Å². The van der Waals surface area contributed by atoms with Gasteiger partial charge in [-0.3, -0.25) is 4.99 Å². The van der Waals surface area contributed by atoms with E-state index in [-0.39, 0.29) is 6.85 Å². The number of aromatic nitrogens is 1. The Hall–Kier alpha value is -3.33. The average Bonchev–Trinajstić information content (AvgIpc) is 3.17. The maximum absolute atomic E-state index is 4.63. The first kappa shape index (κ1) is 16.2. The highest BCUT2D eigenvalue weighted by atomic mass is 14.9. The number of hydrogen-bond donors (Lipinski definition) is 0. The summed E-state index contributed by atoms with van der Waals surface area (Å²) in [5, 5.41) is 0. The Morgan fingerprint density at radius 1 is 0.615 bits per heavy atom. The first-order valence-corrected chi connectivity index (χ1v) is 8.78. The summed E-state index contributed by atoms with van der Waals surface area (Å²) in [6.07, 6.45) is 4.06. The van der Waals surface area contributed by atoms with E-state index in [4.69, 9.17) is 0 Å². The highest BCUT2D eigenvalue weighted by Gasteiger charge is 2.22. The Morgan fingerprint density at radius 3 is 1.73 bits per heavy atom. The van der Waals surface area contributed by atoms with Crippen LogP contribution in [0.3, 0.4) is 0 Å². The van der Waals surface area contributed by atoms with Crippen LogP contribution in [0, 0.1) is 0 Å². The monoisotopic (exact) mass is 334 g/mol. The summed E-state index contributed by atoms with van der Waals surface area (Å²) in [4.78, 5) is 4.63. The van der Waals surface area contributed by atoms with Gasteiger partial charge in [-0.2, -0.15) is 0 Å². The van der Waals surface area contributed by atoms with Crippen molar-refractivity contribution in [1.82, 2.24) is 4.48 Å². The van der Waals surface area contributed by atoms with Crippen LogP contribution in [-0.2, 0) is 0 Å². The van der Waals surface area contributed by atoms with Gasteiger partial charge in [0, 0.05) is 5.69 Å². The van der Waals surface area contributed by atoms with Crippen LogP contribution in [-0.4, -0.2) is 17.5 Å². The molecule has 0 fully saturated rings. The van der Waals surface area contributed by atoms with Gasteiger partial charge in [0.25, 0.3) is 0 Å². The number of rotatable bonds is 5. The lowest BCUT2D eigenvalue weighted by molar-refractivity contribution is 1.20. The third-order valence-electron chi connectivity index (χ3n) is 4.42. The molecular formula is C23H19BN2. The number of nitrogens with zero attached hydrogens (tertiary/aromatic N) is 2. The van der Waals surface area contributed by atoms with E-state index >= 15 is 0 Å². The Kier molecular flexibility index (Phi) is 4.79. The van der Waals surface area contributed by atoms with Crippen LogP contribution >= 0.6 is 0 Å². The Balaban J connectivity index is 1.76. The lowest BCUT2D eigenvalue weighted by Crippen LogP contribution is -2.49. The van der Waals surface area contributed by atoms with Crippen molar-refractivity contribution in [1.29, 1.82) is 0 Å². The van der Waals surface area contributed by atoms with E-state index < -0.39 is 0 Å². The summed E-state index contributed by atoms with van der Waals surface area (Å²) in [5.74, 6) is 0. The van der Waals surface area contributed by atoms with E-state index in [1.807, 2.05) is 36.5 Å². The Labute approximate surface area is 154 Å². The van der Waals surface area contributed by atoms with Gasteiger partial charge in [-0.25, -0.2) is 0 Å². The fraction of sp³-hybridized carbons (Fsp3) is 0. The van der Waals surface area contributed by atoms with Gasteiger partial charge in [0.1, 0.15) is 0 Å². The van der Waals surface area contributed by atoms with Crippen LogP contribution < -0.4 is 10.9 Å². The van der Waals surface area contributed by atoms with Gasteiger partial charge in [0.15, 0.2) is 0 Å². The Bertz CT molecular complexity index is 937. The summed E-state index contributed by atoms with van der Waals surface area (Å²) in [7, 11) is 0. The van der Waals surface area contributed by atoms with Crippen LogP contribution in [0.2, 0.25) is 0 Å². The molecule has 0 aliphatic rings. The van der Waals surface area contributed by atoms with E-state index in [1.54, 1.807) is 0 Å². The molecule has 0 N–H and O–H groups in total. The van der Waals surface area contributed by atoms with Crippen molar-refractivity contribution < 1.29 is 0 Å². The molecule has 0 radical (unpaired) electrons. The van der Waals surface area contributed by atoms with Crippen molar-refractivity contribution in [2.24, 2.45) is 4.99 Å². The summed E-state index contributed by atoms with van der Waals surface area (Å²) in [6.45, 7) is 0.115. The molecule has 0 atom stereocenters. The summed E-state index contributed by atoms with van der Waals surface area (Å²) >= 11 is 0. The second-order valence-electron chi connectivity index (χ2n) is 6.16. The van der Waals surface area contributed by atoms with Gasteiger partial charge in [-0.1, -0.05) is 89.8 Å². The molecule has 1 heterocycles. The van der Waals surface area contributed by atoms with Gasteiger partial charge in [-0.05, 0) is 30.5 Å². The molecule has 0 spiro atoms. The second kappa shape index (κ2) is 7.71. The standard InChI is InChI=1S/C23H19BN2/c1-4-11-20(12-5-1)24(21-13-6-2-7-14-21)26-18-10-17-23(26)19-25-22-15-8-3-9-16-22/h1-19H/b25-19+. The molecule has 0 saturated carbocycles. The van der Waals surface area contributed by atoms with Crippen LogP contribution in [0.15, 0.2) is 114 Å². The van der Waals surface area contributed by atoms with Gasteiger partial charge in [-0.15, -0.1) is 0 Å². The van der Waals surface area contributed by atoms with Gasteiger partial charge >= 0.3 is 6.85 Å². The quantitative estimate of drug-likeness (QED) is 0.389. The van der Waals surface area contributed by atoms with Crippen molar-refractivity contribution in [3.63, 3.8) is 0 Å². The third kappa shape index (κ3) is 3.52. The predicted molar refractivity (Wildman–Crippen MR) is 111 cm³/mol. The lowest BCUT2D eigenvalue weighted by Gasteiger charge is -2.18. The molecule has 3 heteroatoms. The van der Waals surface area contributed by atoms with Crippen molar-refractivity contribution in [3.05, 3.63) is 115 Å². The smallest absolute Gasteiger partial charge is 0.327 e. The average molecular weight is 334 g/mol. The highest BCUT2D eigenvalue weighted by Crippen LogP contribution is 2.11. The molecule has 0 saturated heterocycles. The fourth-order valence-corrected chi connectivity index (χ4v) is 3.19. The van der Waals surface area contributed by atoms with Crippen LogP contribution in [0.1, 0.15) is 5.69 Å². The van der Waals surface area contributed by atoms with Crippen molar-refractivity contribution in [2.45, 2.75) is 0 Å². The third-order valence-corrected chi connectivity index (χ3v) is 4.42. The minimum absolute atomic E-state index is 0.115. The number of benzene rings is 3. The molecule has 0 aliphatic heterocycles. The molecule has 2 nitrogen and oxygen atoms in total. The minimum Gasteiger partial charge on any atom is -0.382 e. The molecule has 0 aliphatic carbocycles. The Morgan fingerprint density at radius 2 is 1.15 bits per heavy atom. The summed E-state index contributed by atoms with van der Waals surface area (Å²) in [5.41, 5.74) is 4.54. The van der Waals surface area contributed by atoms with E-state index in [9.17, 15) is 0 Å². The fourth-order valence-electron chi connectivity index (χ4n) is 3.19. The zero-order valence-electron chi connectivity index (χ0n) is 14.4. The highest BCUT2D eigenvalue weighted by molar-refractivity contribution is 6.84. The molecule has 124 valence electrons. The van der Waals surface area contributed by atoms with E-state index in [0.29, 0.717) is 0 Å². The van der Waals surface area contributed by atoms with Crippen molar-refractivity contribution >= 4 is 29.7 Å². The second-order valence-corrected chi connectivity index (χ2v) is 6.16. The van der Waals surface area contributed by atoms with Gasteiger partial charge in [0.2, 0.25) is 0 Å². The van der Waals surface area contributed by atoms with E-state index in [2.05, 4.69) is 88.5 Å².